The maximum atomic E-state index is 12.6. The Balaban J connectivity index is 2.94. The van der Waals surface area contributed by atoms with E-state index in [1.165, 1.54) is 24.3 Å². The molecule has 15 heavy (non-hydrogen) atoms. The SMILES string of the molecule is O=C(Cl)CC(C(=O)Cl)c1ccc(F)cc1. The van der Waals surface area contributed by atoms with Crippen LogP contribution in [0.2, 0.25) is 0 Å². The second-order valence-corrected chi connectivity index (χ2v) is 3.76. The third kappa shape index (κ3) is 3.61. The average molecular weight is 249 g/mol. The normalized spacial score (nSPS) is 12.2. The lowest BCUT2D eigenvalue weighted by molar-refractivity contribution is -0.117. The quantitative estimate of drug-likeness (QED) is 0.769. The monoisotopic (exact) mass is 248 g/mol. The van der Waals surface area contributed by atoms with Crippen molar-refractivity contribution < 1.29 is 14.0 Å². The number of hydrogen-bond acceptors (Lipinski definition) is 2. The van der Waals surface area contributed by atoms with Crippen molar-refractivity contribution in [3.05, 3.63) is 35.6 Å². The van der Waals surface area contributed by atoms with Crippen molar-refractivity contribution in [2.45, 2.75) is 12.3 Å². The molecule has 2 nitrogen and oxygen atoms in total. The lowest BCUT2D eigenvalue weighted by Gasteiger charge is -2.09. The molecular formula is C10H7Cl2FO2. The maximum Gasteiger partial charge on any atom is 0.229 e. The van der Waals surface area contributed by atoms with Crippen LogP contribution in [0.25, 0.3) is 0 Å². The van der Waals surface area contributed by atoms with E-state index < -0.39 is 22.2 Å². The Morgan fingerprint density at radius 3 is 2.13 bits per heavy atom. The summed E-state index contributed by atoms with van der Waals surface area (Å²) in [7, 11) is 0. The van der Waals surface area contributed by atoms with Gasteiger partial charge < -0.3 is 0 Å². The Labute approximate surface area is 96.0 Å². The van der Waals surface area contributed by atoms with Crippen LogP contribution in [0.5, 0.6) is 0 Å². The predicted octanol–water partition coefficient (Wildman–Crippen LogP) is 2.83. The molecule has 1 rings (SSSR count). The van der Waals surface area contributed by atoms with Crippen molar-refractivity contribution in [2.75, 3.05) is 0 Å². The smallest absolute Gasteiger partial charge is 0.229 e. The summed E-state index contributed by atoms with van der Waals surface area (Å²) in [6.45, 7) is 0. The van der Waals surface area contributed by atoms with Gasteiger partial charge in [-0.1, -0.05) is 12.1 Å². The van der Waals surface area contributed by atoms with Crippen LogP contribution in [0.3, 0.4) is 0 Å². The number of rotatable bonds is 4. The first kappa shape index (κ1) is 12.1. The number of halogens is 3. The van der Waals surface area contributed by atoms with Gasteiger partial charge in [0.1, 0.15) is 5.82 Å². The Bertz CT molecular complexity index is 376. The molecule has 0 saturated carbocycles. The fourth-order valence-electron chi connectivity index (χ4n) is 1.18. The average Bonchev–Trinajstić information content (AvgIpc) is 2.15. The molecule has 1 atom stereocenters. The molecule has 0 spiro atoms. The second kappa shape index (κ2) is 5.24. The highest BCUT2D eigenvalue weighted by Crippen LogP contribution is 2.23. The van der Waals surface area contributed by atoms with E-state index in [-0.39, 0.29) is 6.42 Å². The summed E-state index contributed by atoms with van der Waals surface area (Å²) < 4.78 is 12.6. The summed E-state index contributed by atoms with van der Waals surface area (Å²) in [5.74, 6) is -1.23. The standard InChI is InChI=1S/C10H7Cl2FO2/c11-9(14)5-8(10(12)15)6-1-3-7(13)4-2-6/h1-4,8H,5H2. The van der Waals surface area contributed by atoms with E-state index >= 15 is 0 Å². The highest BCUT2D eigenvalue weighted by molar-refractivity contribution is 6.67. The Morgan fingerprint density at radius 2 is 1.73 bits per heavy atom. The molecule has 0 saturated heterocycles. The van der Waals surface area contributed by atoms with Gasteiger partial charge in [-0.2, -0.15) is 0 Å². The zero-order chi connectivity index (χ0) is 11.4. The van der Waals surface area contributed by atoms with E-state index in [0.717, 1.165) is 0 Å². The molecule has 0 radical (unpaired) electrons. The minimum atomic E-state index is -0.808. The minimum absolute atomic E-state index is 0.185. The first-order valence-corrected chi connectivity index (χ1v) is 4.89. The van der Waals surface area contributed by atoms with Gasteiger partial charge in [0.25, 0.3) is 0 Å². The highest BCUT2D eigenvalue weighted by atomic mass is 35.5. The van der Waals surface area contributed by atoms with Crippen molar-refractivity contribution in [3.63, 3.8) is 0 Å². The molecule has 0 bridgehead atoms. The molecule has 0 N–H and O–H groups in total. The van der Waals surface area contributed by atoms with Gasteiger partial charge >= 0.3 is 0 Å². The Hall–Kier alpha value is -0.930. The van der Waals surface area contributed by atoms with Crippen molar-refractivity contribution in [3.8, 4) is 0 Å². The maximum absolute atomic E-state index is 12.6. The molecule has 5 heteroatoms. The van der Waals surface area contributed by atoms with E-state index in [9.17, 15) is 14.0 Å². The summed E-state index contributed by atoms with van der Waals surface area (Å²) in [5, 5.41) is -1.34. The third-order valence-electron chi connectivity index (χ3n) is 1.91. The van der Waals surface area contributed by atoms with Crippen LogP contribution >= 0.6 is 23.2 Å². The largest absolute Gasteiger partial charge is 0.281 e. The molecule has 80 valence electrons. The molecule has 0 fully saturated rings. The first-order valence-electron chi connectivity index (χ1n) is 4.14. The van der Waals surface area contributed by atoms with Crippen molar-refractivity contribution in [1.82, 2.24) is 0 Å². The minimum Gasteiger partial charge on any atom is -0.281 e. The topological polar surface area (TPSA) is 34.1 Å². The van der Waals surface area contributed by atoms with Crippen LogP contribution in [0.4, 0.5) is 4.39 Å². The lowest BCUT2D eigenvalue weighted by atomic mass is 9.98. The molecule has 1 aromatic rings. The molecule has 0 amide bonds. The van der Waals surface area contributed by atoms with Crippen LogP contribution in [-0.2, 0) is 9.59 Å². The molecule has 0 aliphatic carbocycles. The van der Waals surface area contributed by atoms with Gasteiger partial charge in [0.05, 0.1) is 5.92 Å². The van der Waals surface area contributed by atoms with E-state index in [1.807, 2.05) is 0 Å². The first-order chi connectivity index (χ1) is 7.00. The lowest BCUT2D eigenvalue weighted by Crippen LogP contribution is -2.09. The van der Waals surface area contributed by atoms with Crippen LogP contribution in [0.1, 0.15) is 17.9 Å². The van der Waals surface area contributed by atoms with Gasteiger partial charge in [-0.05, 0) is 40.9 Å². The van der Waals surface area contributed by atoms with E-state index in [0.29, 0.717) is 5.56 Å². The second-order valence-electron chi connectivity index (χ2n) is 2.97. The summed E-state index contributed by atoms with van der Waals surface area (Å²) >= 11 is 10.5. The van der Waals surface area contributed by atoms with Crippen LogP contribution < -0.4 is 0 Å². The zero-order valence-corrected chi connectivity index (χ0v) is 9.06. The third-order valence-corrected chi connectivity index (χ3v) is 2.33. The van der Waals surface area contributed by atoms with Crippen LogP contribution in [0, 0.1) is 5.82 Å². The molecule has 0 heterocycles. The van der Waals surface area contributed by atoms with Gasteiger partial charge in [-0.3, -0.25) is 9.59 Å². The Kier molecular flexibility index (Phi) is 4.24. The van der Waals surface area contributed by atoms with Crippen molar-refractivity contribution >= 4 is 33.7 Å². The highest BCUT2D eigenvalue weighted by Gasteiger charge is 2.21. The summed E-state index contributed by atoms with van der Waals surface area (Å²) in [6, 6.07) is 5.20. The summed E-state index contributed by atoms with van der Waals surface area (Å²) in [4.78, 5) is 21.7. The Morgan fingerprint density at radius 1 is 1.20 bits per heavy atom. The van der Waals surface area contributed by atoms with Crippen molar-refractivity contribution in [2.24, 2.45) is 0 Å². The van der Waals surface area contributed by atoms with Gasteiger partial charge in [-0.25, -0.2) is 4.39 Å². The number of carbonyl (C=O) groups is 2. The zero-order valence-electron chi connectivity index (χ0n) is 7.54. The molecule has 1 aromatic carbocycles. The number of benzene rings is 1. The molecule has 0 aliphatic rings. The fourth-order valence-corrected chi connectivity index (χ4v) is 1.54. The molecule has 0 aromatic heterocycles. The number of hydrogen-bond donors (Lipinski definition) is 0. The molecule has 0 aliphatic heterocycles. The summed E-state index contributed by atoms with van der Waals surface area (Å²) in [6.07, 6.45) is -0.185. The fraction of sp³-hybridized carbons (Fsp3) is 0.200. The van der Waals surface area contributed by atoms with Gasteiger partial charge in [0.2, 0.25) is 10.5 Å². The number of carbonyl (C=O) groups excluding carboxylic acids is 2. The van der Waals surface area contributed by atoms with E-state index in [4.69, 9.17) is 23.2 Å². The van der Waals surface area contributed by atoms with Gasteiger partial charge in [-0.15, -0.1) is 0 Å². The van der Waals surface area contributed by atoms with Crippen LogP contribution in [-0.4, -0.2) is 10.5 Å². The summed E-state index contributed by atoms with van der Waals surface area (Å²) in [5.41, 5.74) is 0.477. The molecular weight excluding hydrogens is 242 g/mol. The van der Waals surface area contributed by atoms with Crippen LogP contribution in [0.15, 0.2) is 24.3 Å². The van der Waals surface area contributed by atoms with E-state index in [2.05, 4.69) is 0 Å². The van der Waals surface area contributed by atoms with Gasteiger partial charge in [0, 0.05) is 6.42 Å². The van der Waals surface area contributed by atoms with E-state index in [1.54, 1.807) is 0 Å². The molecule has 1 unspecified atom stereocenters. The van der Waals surface area contributed by atoms with Crippen molar-refractivity contribution in [1.29, 1.82) is 0 Å². The van der Waals surface area contributed by atoms with Gasteiger partial charge in [0.15, 0.2) is 0 Å². The predicted molar refractivity (Wildman–Crippen MR) is 55.5 cm³/mol.